The molecule has 0 fully saturated rings. The SMILES string of the molecule is C=C1C=C(NC(=O)c2cncc(C(F)(F)F)c2)C(OC)=CC1=N. The zero-order chi connectivity index (χ0) is 17.2. The summed E-state index contributed by atoms with van der Waals surface area (Å²) in [5.41, 5.74) is -0.612. The minimum atomic E-state index is -4.59. The van der Waals surface area contributed by atoms with E-state index in [4.69, 9.17) is 10.1 Å². The Morgan fingerprint density at radius 1 is 1.35 bits per heavy atom. The number of aromatic nitrogens is 1. The molecule has 1 amide bonds. The van der Waals surface area contributed by atoms with Crippen molar-refractivity contribution in [3.05, 3.63) is 65.3 Å². The third-order valence-corrected chi connectivity index (χ3v) is 3.00. The maximum Gasteiger partial charge on any atom is 0.417 e. The van der Waals surface area contributed by atoms with E-state index in [1.54, 1.807) is 0 Å². The summed E-state index contributed by atoms with van der Waals surface area (Å²) in [6, 6.07) is 0.707. The number of hydrogen-bond acceptors (Lipinski definition) is 4. The van der Waals surface area contributed by atoms with Crippen LogP contribution in [0.3, 0.4) is 0 Å². The molecule has 5 nitrogen and oxygen atoms in total. The van der Waals surface area contributed by atoms with Gasteiger partial charge in [0.1, 0.15) is 5.76 Å². The van der Waals surface area contributed by atoms with Crippen LogP contribution in [0.15, 0.2) is 54.2 Å². The monoisotopic (exact) mass is 323 g/mol. The lowest BCUT2D eigenvalue weighted by Crippen LogP contribution is -2.27. The fraction of sp³-hybridized carbons (Fsp3) is 0.133. The summed E-state index contributed by atoms with van der Waals surface area (Å²) in [7, 11) is 1.35. The Bertz CT molecular complexity index is 749. The second-order valence-electron chi connectivity index (χ2n) is 4.62. The molecule has 1 aromatic rings. The summed E-state index contributed by atoms with van der Waals surface area (Å²) in [6.45, 7) is 3.63. The minimum absolute atomic E-state index is 0.112. The summed E-state index contributed by atoms with van der Waals surface area (Å²) in [5, 5.41) is 10.0. The van der Waals surface area contributed by atoms with Crippen molar-refractivity contribution >= 4 is 11.6 Å². The average molecular weight is 323 g/mol. The molecule has 1 aliphatic carbocycles. The molecule has 23 heavy (non-hydrogen) atoms. The number of rotatable bonds is 3. The zero-order valence-electron chi connectivity index (χ0n) is 12.0. The number of ether oxygens (including phenoxy) is 1. The van der Waals surface area contributed by atoms with E-state index in [2.05, 4.69) is 16.9 Å². The lowest BCUT2D eigenvalue weighted by Gasteiger charge is -2.17. The zero-order valence-corrected chi connectivity index (χ0v) is 12.0. The Morgan fingerprint density at radius 2 is 2.04 bits per heavy atom. The lowest BCUT2D eigenvalue weighted by molar-refractivity contribution is -0.137. The molecule has 120 valence electrons. The van der Waals surface area contributed by atoms with Crippen LogP contribution < -0.4 is 5.32 Å². The Hall–Kier alpha value is -2.90. The molecule has 0 saturated carbocycles. The number of carbonyl (C=O) groups excluding carboxylic acids is 1. The van der Waals surface area contributed by atoms with Gasteiger partial charge in [-0.2, -0.15) is 13.2 Å². The van der Waals surface area contributed by atoms with Gasteiger partial charge in [0.25, 0.3) is 5.91 Å². The van der Waals surface area contributed by atoms with Gasteiger partial charge < -0.3 is 15.5 Å². The second-order valence-corrected chi connectivity index (χ2v) is 4.62. The predicted molar refractivity (Wildman–Crippen MR) is 76.7 cm³/mol. The number of amides is 1. The van der Waals surface area contributed by atoms with Gasteiger partial charge in [0.15, 0.2) is 0 Å². The van der Waals surface area contributed by atoms with E-state index in [1.165, 1.54) is 19.3 Å². The van der Waals surface area contributed by atoms with Crippen LogP contribution in [0.1, 0.15) is 15.9 Å². The standard InChI is InChI=1S/C15H12F3N3O2/c1-8-3-12(13(23-2)5-11(8)19)21-14(22)9-4-10(7-20-6-9)15(16,17)18/h3-7,19H,1H2,2H3,(H,21,22). The molecular weight excluding hydrogens is 311 g/mol. The number of nitrogens with zero attached hydrogens (tertiary/aromatic N) is 1. The quantitative estimate of drug-likeness (QED) is 0.898. The molecule has 2 rings (SSSR count). The largest absolute Gasteiger partial charge is 0.494 e. The highest BCUT2D eigenvalue weighted by Gasteiger charge is 2.31. The van der Waals surface area contributed by atoms with Gasteiger partial charge in [0.2, 0.25) is 0 Å². The number of methoxy groups -OCH3 is 1. The molecule has 0 aliphatic heterocycles. The molecule has 0 aromatic carbocycles. The van der Waals surface area contributed by atoms with Crippen molar-refractivity contribution in [3.8, 4) is 0 Å². The number of halogens is 3. The number of carbonyl (C=O) groups is 1. The molecule has 1 aromatic heterocycles. The number of nitrogens with one attached hydrogen (secondary N) is 2. The molecule has 2 N–H and O–H groups in total. The van der Waals surface area contributed by atoms with Crippen molar-refractivity contribution < 1.29 is 22.7 Å². The summed E-state index contributed by atoms with van der Waals surface area (Å²) in [5.74, 6) is -0.574. The summed E-state index contributed by atoms with van der Waals surface area (Å²) in [4.78, 5) is 15.5. The highest BCUT2D eigenvalue weighted by atomic mass is 19.4. The van der Waals surface area contributed by atoms with E-state index in [-0.39, 0.29) is 22.7 Å². The predicted octanol–water partition coefficient (Wildman–Crippen LogP) is 2.83. The van der Waals surface area contributed by atoms with Gasteiger partial charge in [-0.15, -0.1) is 0 Å². The van der Waals surface area contributed by atoms with Crippen molar-refractivity contribution in [3.63, 3.8) is 0 Å². The van der Waals surface area contributed by atoms with Crippen molar-refractivity contribution in [2.45, 2.75) is 6.18 Å². The van der Waals surface area contributed by atoms with Gasteiger partial charge in [0, 0.05) is 18.5 Å². The molecule has 0 unspecified atom stereocenters. The third kappa shape index (κ3) is 3.65. The van der Waals surface area contributed by atoms with E-state index in [9.17, 15) is 18.0 Å². The van der Waals surface area contributed by atoms with Gasteiger partial charge in [-0.3, -0.25) is 9.78 Å². The van der Waals surface area contributed by atoms with E-state index in [0.29, 0.717) is 17.8 Å². The first kappa shape index (κ1) is 16.5. The Kier molecular flexibility index (Phi) is 4.35. The van der Waals surface area contributed by atoms with Crippen molar-refractivity contribution in [1.29, 1.82) is 5.41 Å². The molecule has 0 saturated heterocycles. The molecule has 0 bridgehead atoms. The van der Waals surface area contributed by atoms with E-state index >= 15 is 0 Å². The number of alkyl halides is 3. The number of hydrogen-bond donors (Lipinski definition) is 2. The fourth-order valence-electron chi connectivity index (χ4n) is 1.80. The topological polar surface area (TPSA) is 75.1 Å². The average Bonchev–Trinajstić information content (AvgIpc) is 2.50. The van der Waals surface area contributed by atoms with E-state index in [1.807, 2.05) is 0 Å². The van der Waals surface area contributed by atoms with Gasteiger partial charge in [0.05, 0.1) is 29.6 Å². The molecular formula is C15H12F3N3O2. The van der Waals surface area contributed by atoms with Crippen LogP contribution in [0.2, 0.25) is 0 Å². The van der Waals surface area contributed by atoms with Crippen LogP contribution in [0.4, 0.5) is 13.2 Å². The smallest absolute Gasteiger partial charge is 0.417 e. The van der Waals surface area contributed by atoms with Crippen molar-refractivity contribution in [1.82, 2.24) is 10.3 Å². The lowest BCUT2D eigenvalue weighted by atomic mass is 10.0. The van der Waals surface area contributed by atoms with Crippen LogP contribution in [0.5, 0.6) is 0 Å². The van der Waals surface area contributed by atoms with E-state index in [0.717, 1.165) is 6.20 Å². The van der Waals surface area contributed by atoms with Crippen LogP contribution in [0.25, 0.3) is 0 Å². The van der Waals surface area contributed by atoms with Crippen LogP contribution >= 0.6 is 0 Å². The first-order valence-corrected chi connectivity index (χ1v) is 6.31. The molecule has 1 aliphatic rings. The Morgan fingerprint density at radius 3 is 2.65 bits per heavy atom. The van der Waals surface area contributed by atoms with E-state index < -0.39 is 17.6 Å². The summed E-state index contributed by atoms with van der Waals surface area (Å²) < 4.78 is 43.0. The minimum Gasteiger partial charge on any atom is -0.494 e. The molecule has 0 spiro atoms. The van der Waals surface area contributed by atoms with Crippen molar-refractivity contribution in [2.24, 2.45) is 0 Å². The summed E-state index contributed by atoms with van der Waals surface area (Å²) >= 11 is 0. The highest BCUT2D eigenvalue weighted by Crippen LogP contribution is 2.29. The first-order valence-electron chi connectivity index (χ1n) is 6.31. The molecule has 0 radical (unpaired) electrons. The van der Waals surface area contributed by atoms with Gasteiger partial charge in [-0.05, 0) is 17.7 Å². The third-order valence-electron chi connectivity index (χ3n) is 3.00. The van der Waals surface area contributed by atoms with Gasteiger partial charge >= 0.3 is 6.18 Å². The maximum absolute atomic E-state index is 12.7. The van der Waals surface area contributed by atoms with Crippen LogP contribution in [-0.4, -0.2) is 23.7 Å². The van der Waals surface area contributed by atoms with Crippen molar-refractivity contribution in [2.75, 3.05) is 7.11 Å². The Balaban J connectivity index is 2.26. The first-order chi connectivity index (χ1) is 10.7. The molecule has 1 heterocycles. The van der Waals surface area contributed by atoms with Crippen LogP contribution in [-0.2, 0) is 10.9 Å². The highest BCUT2D eigenvalue weighted by molar-refractivity contribution is 6.10. The summed E-state index contributed by atoms with van der Waals surface area (Å²) in [6.07, 6.45) is -0.169. The van der Waals surface area contributed by atoms with Gasteiger partial charge in [-0.1, -0.05) is 6.58 Å². The maximum atomic E-state index is 12.7. The molecule has 0 atom stereocenters. The number of allylic oxidation sites excluding steroid dienone is 3. The fourth-order valence-corrected chi connectivity index (χ4v) is 1.80. The number of pyridine rings is 1. The normalized spacial score (nSPS) is 15.0. The molecule has 8 heteroatoms. The Labute approximate surface area is 129 Å². The van der Waals surface area contributed by atoms with Crippen LogP contribution in [0, 0.1) is 5.41 Å². The van der Waals surface area contributed by atoms with Gasteiger partial charge in [-0.25, -0.2) is 0 Å². The second kappa shape index (κ2) is 6.07.